The Balaban J connectivity index is 2.49. The Bertz CT molecular complexity index is 477. The van der Waals surface area contributed by atoms with E-state index in [9.17, 15) is 19.8 Å². The quantitative estimate of drug-likeness (QED) is 0.866. The normalized spacial score (nSPS) is 19.2. The van der Waals surface area contributed by atoms with Crippen LogP contribution in [0.4, 0.5) is 0 Å². The monoisotopic (exact) mass is 276 g/mol. The number of carboxylic acid groups (broad SMARTS) is 2. The zero-order valence-electron chi connectivity index (χ0n) is 11.4. The van der Waals surface area contributed by atoms with E-state index in [1.165, 1.54) is 0 Å². The van der Waals surface area contributed by atoms with E-state index in [0.717, 1.165) is 32.1 Å². The van der Waals surface area contributed by atoms with Crippen LogP contribution < -0.4 is 0 Å². The van der Waals surface area contributed by atoms with Gasteiger partial charge in [-0.2, -0.15) is 0 Å². The average molecular weight is 276 g/mol. The Kier molecular flexibility index (Phi) is 4.42. The molecule has 1 saturated carbocycles. The predicted molar refractivity (Wildman–Crippen MR) is 74.6 cm³/mol. The molecule has 108 valence electrons. The molecule has 0 radical (unpaired) electrons. The molecule has 2 N–H and O–H groups in total. The van der Waals surface area contributed by atoms with Crippen molar-refractivity contribution in [1.29, 1.82) is 0 Å². The van der Waals surface area contributed by atoms with Crippen molar-refractivity contribution < 1.29 is 19.8 Å². The average Bonchev–Trinajstić information content (AvgIpc) is 2.46. The summed E-state index contributed by atoms with van der Waals surface area (Å²) < 4.78 is 0. The molecule has 1 aliphatic rings. The Morgan fingerprint density at radius 3 is 2.15 bits per heavy atom. The lowest BCUT2D eigenvalue weighted by Gasteiger charge is -2.38. The molecule has 20 heavy (non-hydrogen) atoms. The summed E-state index contributed by atoms with van der Waals surface area (Å²) in [5.41, 5.74) is -0.685. The molecule has 1 aromatic carbocycles. The van der Waals surface area contributed by atoms with Crippen LogP contribution in [0.2, 0.25) is 0 Å². The summed E-state index contributed by atoms with van der Waals surface area (Å²) in [7, 11) is 0. The van der Waals surface area contributed by atoms with Gasteiger partial charge in [-0.3, -0.25) is 9.59 Å². The molecule has 0 saturated heterocycles. The van der Waals surface area contributed by atoms with E-state index in [-0.39, 0.29) is 12.3 Å². The van der Waals surface area contributed by atoms with Gasteiger partial charge >= 0.3 is 11.9 Å². The number of hydrogen-bond donors (Lipinski definition) is 2. The second-order valence-corrected chi connectivity index (χ2v) is 5.55. The Morgan fingerprint density at radius 1 is 1.05 bits per heavy atom. The Hall–Kier alpha value is -1.84. The largest absolute Gasteiger partial charge is 0.481 e. The van der Waals surface area contributed by atoms with Crippen molar-refractivity contribution >= 4 is 11.9 Å². The first-order chi connectivity index (χ1) is 9.57. The molecule has 0 aliphatic heterocycles. The van der Waals surface area contributed by atoms with Crippen molar-refractivity contribution in [2.45, 2.75) is 43.9 Å². The van der Waals surface area contributed by atoms with Gasteiger partial charge < -0.3 is 10.2 Å². The van der Waals surface area contributed by atoms with Crippen molar-refractivity contribution in [1.82, 2.24) is 0 Å². The molecular weight excluding hydrogens is 256 g/mol. The molecule has 0 heterocycles. The maximum atomic E-state index is 12.0. The first-order valence-electron chi connectivity index (χ1n) is 7.08. The summed E-state index contributed by atoms with van der Waals surface area (Å²) in [6.07, 6.45) is 4.28. The van der Waals surface area contributed by atoms with E-state index in [0.29, 0.717) is 5.56 Å². The molecule has 2 rings (SSSR count). The summed E-state index contributed by atoms with van der Waals surface area (Å²) in [4.78, 5) is 23.3. The molecule has 1 unspecified atom stereocenters. The van der Waals surface area contributed by atoms with Crippen molar-refractivity contribution in [2.24, 2.45) is 5.92 Å². The molecule has 0 bridgehead atoms. The summed E-state index contributed by atoms with van der Waals surface area (Å²) >= 11 is 0. The summed E-state index contributed by atoms with van der Waals surface area (Å²) in [5, 5.41) is 19.0. The summed E-state index contributed by atoms with van der Waals surface area (Å²) in [6.45, 7) is 0. The standard InChI is InChI=1S/C16H20O4/c17-14(18)11-16(15(19)20,12-7-3-1-4-8-12)13-9-5-2-6-10-13/h1,3-4,7-8,13H,2,5-6,9-11H2,(H,17,18)(H,19,20). The Labute approximate surface area is 118 Å². The highest BCUT2D eigenvalue weighted by molar-refractivity contribution is 5.87. The first-order valence-corrected chi connectivity index (χ1v) is 7.08. The van der Waals surface area contributed by atoms with Gasteiger partial charge in [0.2, 0.25) is 0 Å². The topological polar surface area (TPSA) is 74.6 Å². The fraction of sp³-hybridized carbons (Fsp3) is 0.500. The molecule has 0 aromatic heterocycles. The number of carbonyl (C=O) groups is 2. The van der Waals surface area contributed by atoms with Crippen LogP contribution in [0.3, 0.4) is 0 Å². The minimum atomic E-state index is -1.30. The van der Waals surface area contributed by atoms with Gasteiger partial charge in [0.15, 0.2) is 0 Å². The minimum Gasteiger partial charge on any atom is -0.481 e. The van der Waals surface area contributed by atoms with Crippen LogP contribution in [0.5, 0.6) is 0 Å². The zero-order valence-corrected chi connectivity index (χ0v) is 11.4. The van der Waals surface area contributed by atoms with Crippen LogP contribution in [0.1, 0.15) is 44.1 Å². The van der Waals surface area contributed by atoms with Gasteiger partial charge in [0.05, 0.1) is 6.42 Å². The Morgan fingerprint density at radius 2 is 1.65 bits per heavy atom. The van der Waals surface area contributed by atoms with Gasteiger partial charge in [-0.1, -0.05) is 49.6 Å². The fourth-order valence-corrected chi connectivity index (χ4v) is 3.43. The third kappa shape index (κ3) is 2.69. The maximum absolute atomic E-state index is 12.0. The van der Waals surface area contributed by atoms with Gasteiger partial charge in [-0.25, -0.2) is 0 Å². The highest BCUT2D eigenvalue weighted by atomic mass is 16.4. The molecular formula is C16H20O4. The first kappa shape index (κ1) is 14.6. The van der Waals surface area contributed by atoms with Crippen LogP contribution in [0.25, 0.3) is 0 Å². The van der Waals surface area contributed by atoms with Crippen LogP contribution in [-0.4, -0.2) is 22.2 Å². The lowest BCUT2D eigenvalue weighted by molar-refractivity contribution is -0.153. The van der Waals surface area contributed by atoms with Crippen molar-refractivity contribution in [3.63, 3.8) is 0 Å². The van der Waals surface area contributed by atoms with Crippen LogP contribution in [-0.2, 0) is 15.0 Å². The van der Waals surface area contributed by atoms with Crippen LogP contribution >= 0.6 is 0 Å². The van der Waals surface area contributed by atoms with Crippen LogP contribution in [0.15, 0.2) is 30.3 Å². The van der Waals surface area contributed by atoms with E-state index in [2.05, 4.69) is 0 Å². The SMILES string of the molecule is O=C(O)CC(C(=O)O)(c1ccccc1)C1CCCCC1. The maximum Gasteiger partial charge on any atom is 0.315 e. The number of hydrogen-bond acceptors (Lipinski definition) is 2. The van der Waals surface area contributed by atoms with E-state index >= 15 is 0 Å². The third-order valence-electron chi connectivity index (χ3n) is 4.40. The molecule has 0 amide bonds. The third-order valence-corrected chi connectivity index (χ3v) is 4.40. The number of rotatable bonds is 5. The predicted octanol–water partition coefficient (Wildman–Crippen LogP) is 3.06. The molecule has 1 aliphatic carbocycles. The summed E-state index contributed by atoms with van der Waals surface area (Å²) in [6, 6.07) is 8.85. The highest BCUT2D eigenvalue weighted by Gasteiger charge is 2.48. The molecule has 1 fully saturated rings. The van der Waals surface area contributed by atoms with Crippen molar-refractivity contribution in [2.75, 3.05) is 0 Å². The van der Waals surface area contributed by atoms with E-state index in [1.807, 2.05) is 6.07 Å². The van der Waals surface area contributed by atoms with Gasteiger partial charge in [-0.05, 0) is 24.3 Å². The number of benzene rings is 1. The molecule has 1 atom stereocenters. The van der Waals surface area contributed by atoms with Gasteiger partial charge in [0.1, 0.15) is 5.41 Å². The van der Waals surface area contributed by atoms with Crippen molar-refractivity contribution in [3.8, 4) is 0 Å². The molecule has 0 spiro atoms. The summed E-state index contributed by atoms with van der Waals surface area (Å²) in [5.74, 6) is -2.17. The molecule has 4 heteroatoms. The van der Waals surface area contributed by atoms with E-state index < -0.39 is 17.4 Å². The lowest BCUT2D eigenvalue weighted by atomic mass is 9.63. The van der Waals surface area contributed by atoms with Gasteiger partial charge in [0, 0.05) is 0 Å². The van der Waals surface area contributed by atoms with E-state index in [4.69, 9.17) is 0 Å². The number of carboxylic acids is 2. The minimum absolute atomic E-state index is 0.104. The van der Waals surface area contributed by atoms with Gasteiger partial charge in [-0.15, -0.1) is 0 Å². The van der Waals surface area contributed by atoms with Gasteiger partial charge in [0.25, 0.3) is 0 Å². The lowest BCUT2D eigenvalue weighted by Crippen LogP contribution is -2.45. The van der Waals surface area contributed by atoms with E-state index in [1.54, 1.807) is 24.3 Å². The highest BCUT2D eigenvalue weighted by Crippen LogP contribution is 2.44. The second kappa shape index (κ2) is 6.07. The fourth-order valence-electron chi connectivity index (χ4n) is 3.43. The smallest absolute Gasteiger partial charge is 0.315 e. The van der Waals surface area contributed by atoms with Crippen molar-refractivity contribution in [3.05, 3.63) is 35.9 Å². The molecule has 1 aromatic rings. The zero-order chi connectivity index (χ0) is 14.6. The number of aliphatic carboxylic acids is 2. The van der Waals surface area contributed by atoms with Crippen LogP contribution in [0, 0.1) is 5.92 Å². The second-order valence-electron chi connectivity index (χ2n) is 5.55. The molecule has 4 nitrogen and oxygen atoms in total.